The fourth-order valence-corrected chi connectivity index (χ4v) is 3.87. The van der Waals surface area contributed by atoms with E-state index in [-0.39, 0.29) is 12.1 Å². The highest BCUT2D eigenvalue weighted by Crippen LogP contribution is 2.25. The van der Waals surface area contributed by atoms with Crippen LogP contribution < -0.4 is 0 Å². The van der Waals surface area contributed by atoms with Gasteiger partial charge in [0.25, 0.3) is 0 Å². The molecule has 0 bridgehead atoms. The Morgan fingerprint density at radius 2 is 1.80 bits per heavy atom. The Labute approximate surface area is 149 Å². The van der Waals surface area contributed by atoms with Crippen molar-refractivity contribution in [1.82, 2.24) is 9.80 Å². The summed E-state index contributed by atoms with van der Waals surface area (Å²) in [4.78, 5) is 28.6. The standard InChI is InChI=1S/C20H28N2O3/c1-21-11-5-8-18(21)19(23)14-16-9-12-22(13-10-16)20(24)25-15-17-6-3-2-4-7-17/h2-4,6-7,16,18H,5,8-15H2,1H3. The topological polar surface area (TPSA) is 49.9 Å². The number of amides is 1. The Bertz CT molecular complexity index is 582. The number of carbonyl (C=O) groups excluding carboxylic acids is 2. The van der Waals surface area contributed by atoms with E-state index in [9.17, 15) is 9.59 Å². The molecule has 25 heavy (non-hydrogen) atoms. The molecule has 2 aliphatic heterocycles. The van der Waals surface area contributed by atoms with E-state index in [4.69, 9.17) is 4.74 Å². The molecule has 5 nitrogen and oxygen atoms in total. The minimum absolute atomic E-state index is 0.119. The molecule has 0 saturated carbocycles. The number of carbonyl (C=O) groups is 2. The van der Waals surface area contributed by atoms with Gasteiger partial charge in [-0.1, -0.05) is 30.3 Å². The van der Waals surface area contributed by atoms with Crippen molar-refractivity contribution in [3.05, 3.63) is 35.9 Å². The average molecular weight is 344 g/mol. The Morgan fingerprint density at radius 3 is 2.44 bits per heavy atom. The van der Waals surface area contributed by atoms with Gasteiger partial charge in [-0.15, -0.1) is 0 Å². The summed E-state index contributed by atoms with van der Waals surface area (Å²) in [5, 5.41) is 0. The molecule has 1 aromatic carbocycles. The van der Waals surface area contributed by atoms with Crippen molar-refractivity contribution in [3.8, 4) is 0 Å². The minimum atomic E-state index is -0.246. The number of piperidine rings is 1. The summed E-state index contributed by atoms with van der Waals surface area (Å²) in [7, 11) is 2.04. The normalized spacial score (nSPS) is 22.1. The molecule has 1 unspecified atom stereocenters. The van der Waals surface area contributed by atoms with Gasteiger partial charge in [0, 0.05) is 19.5 Å². The number of Topliss-reactive ketones (excluding diaryl/α,β-unsaturated/α-hetero) is 1. The summed E-state index contributed by atoms with van der Waals surface area (Å²) < 4.78 is 5.39. The number of nitrogens with zero attached hydrogens (tertiary/aromatic N) is 2. The first-order valence-corrected chi connectivity index (χ1v) is 9.32. The van der Waals surface area contributed by atoms with Gasteiger partial charge in [0.2, 0.25) is 0 Å². The van der Waals surface area contributed by atoms with E-state index < -0.39 is 0 Å². The minimum Gasteiger partial charge on any atom is -0.445 e. The maximum atomic E-state index is 12.5. The van der Waals surface area contributed by atoms with Crippen molar-refractivity contribution in [2.45, 2.75) is 44.8 Å². The van der Waals surface area contributed by atoms with Crippen LogP contribution in [0.3, 0.4) is 0 Å². The summed E-state index contributed by atoms with van der Waals surface area (Å²) in [6.07, 6.45) is 4.32. The van der Waals surface area contributed by atoms with Gasteiger partial charge >= 0.3 is 6.09 Å². The van der Waals surface area contributed by atoms with Crippen LogP contribution in [0.4, 0.5) is 4.79 Å². The van der Waals surface area contributed by atoms with Crippen LogP contribution in [0.15, 0.2) is 30.3 Å². The zero-order valence-corrected chi connectivity index (χ0v) is 15.0. The highest BCUT2D eigenvalue weighted by atomic mass is 16.6. The second-order valence-corrected chi connectivity index (χ2v) is 7.28. The first kappa shape index (κ1) is 17.9. The molecule has 0 spiro atoms. The highest BCUT2D eigenvalue weighted by Gasteiger charge is 2.31. The molecule has 0 aliphatic carbocycles. The number of likely N-dealkylation sites (tertiary alicyclic amines) is 2. The Hall–Kier alpha value is -1.88. The van der Waals surface area contributed by atoms with E-state index in [1.54, 1.807) is 4.90 Å². The van der Waals surface area contributed by atoms with Gasteiger partial charge in [-0.2, -0.15) is 0 Å². The zero-order chi connectivity index (χ0) is 17.6. The first-order chi connectivity index (χ1) is 12.1. The lowest BCUT2D eigenvalue weighted by molar-refractivity contribution is -0.124. The largest absolute Gasteiger partial charge is 0.445 e. The van der Waals surface area contributed by atoms with Gasteiger partial charge in [-0.3, -0.25) is 9.69 Å². The van der Waals surface area contributed by atoms with E-state index >= 15 is 0 Å². The number of benzene rings is 1. The lowest BCUT2D eigenvalue weighted by Crippen LogP contribution is -2.40. The molecule has 2 saturated heterocycles. The van der Waals surface area contributed by atoms with Crippen LogP contribution in [0.2, 0.25) is 0 Å². The van der Waals surface area contributed by atoms with Crippen LogP contribution >= 0.6 is 0 Å². The van der Waals surface area contributed by atoms with Crippen LogP contribution in [0, 0.1) is 5.92 Å². The molecule has 0 aromatic heterocycles. The van der Waals surface area contributed by atoms with Crippen molar-refractivity contribution in [2.75, 3.05) is 26.7 Å². The molecule has 0 N–H and O–H groups in total. The van der Waals surface area contributed by atoms with Gasteiger partial charge in [0.05, 0.1) is 6.04 Å². The third-order valence-electron chi connectivity index (χ3n) is 5.46. The van der Waals surface area contributed by atoms with Crippen molar-refractivity contribution in [2.24, 2.45) is 5.92 Å². The van der Waals surface area contributed by atoms with Gasteiger partial charge in [-0.25, -0.2) is 4.79 Å². The van der Waals surface area contributed by atoms with Gasteiger partial charge in [0.1, 0.15) is 12.4 Å². The quantitative estimate of drug-likeness (QED) is 0.824. The predicted octanol–water partition coefficient (Wildman–Crippen LogP) is 3.09. The third-order valence-corrected chi connectivity index (χ3v) is 5.46. The number of hydrogen-bond donors (Lipinski definition) is 0. The number of hydrogen-bond acceptors (Lipinski definition) is 4. The van der Waals surface area contributed by atoms with Gasteiger partial charge in [-0.05, 0) is 50.8 Å². The molecule has 136 valence electrons. The van der Waals surface area contributed by atoms with E-state index in [1.165, 1.54) is 0 Å². The SMILES string of the molecule is CN1CCCC1C(=O)CC1CCN(C(=O)OCc2ccccc2)CC1. The van der Waals surface area contributed by atoms with Gasteiger partial charge < -0.3 is 9.64 Å². The summed E-state index contributed by atoms with van der Waals surface area (Å²) in [6, 6.07) is 9.84. The Morgan fingerprint density at radius 1 is 1.08 bits per heavy atom. The second kappa shape index (κ2) is 8.48. The Kier molecular flexibility index (Phi) is 6.08. The molecular weight excluding hydrogens is 316 g/mol. The number of ether oxygens (including phenoxy) is 1. The first-order valence-electron chi connectivity index (χ1n) is 9.32. The third kappa shape index (κ3) is 4.82. The van der Waals surface area contributed by atoms with E-state index in [0.717, 1.165) is 37.8 Å². The molecule has 2 aliphatic rings. The van der Waals surface area contributed by atoms with Gasteiger partial charge in [0.15, 0.2) is 0 Å². The van der Waals surface area contributed by atoms with Crippen LogP contribution in [-0.2, 0) is 16.1 Å². The van der Waals surface area contributed by atoms with E-state index in [2.05, 4.69) is 4.90 Å². The molecular formula is C20H28N2O3. The molecule has 0 radical (unpaired) electrons. The molecule has 1 amide bonds. The molecule has 5 heteroatoms. The lowest BCUT2D eigenvalue weighted by Gasteiger charge is -2.31. The lowest BCUT2D eigenvalue weighted by atomic mass is 9.89. The second-order valence-electron chi connectivity index (χ2n) is 7.28. The van der Waals surface area contributed by atoms with Crippen molar-refractivity contribution >= 4 is 11.9 Å². The van der Waals surface area contributed by atoms with E-state index in [1.807, 2.05) is 37.4 Å². The van der Waals surface area contributed by atoms with Crippen molar-refractivity contribution < 1.29 is 14.3 Å². The summed E-state index contributed by atoms with van der Waals surface area (Å²) in [5.41, 5.74) is 0.997. The Balaban J connectivity index is 1.39. The van der Waals surface area contributed by atoms with Crippen LogP contribution in [0.25, 0.3) is 0 Å². The number of rotatable bonds is 5. The summed E-state index contributed by atoms with van der Waals surface area (Å²) in [6.45, 7) is 2.71. The predicted molar refractivity (Wildman–Crippen MR) is 96.2 cm³/mol. The monoisotopic (exact) mass is 344 g/mol. The van der Waals surface area contributed by atoms with Crippen LogP contribution in [0.1, 0.15) is 37.7 Å². The van der Waals surface area contributed by atoms with Crippen LogP contribution in [-0.4, -0.2) is 54.4 Å². The fraction of sp³-hybridized carbons (Fsp3) is 0.600. The molecule has 1 atom stereocenters. The molecule has 1 aromatic rings. The summed E-state index contributed by atoms with van der Waals surface area (Å²) in [5.74, 6) is 0.782. The van der Waals surface area contributed by atoms with Crippen LogP contribution in [0.5, 0.6) is 0 Å². The maximum absolute atomic E-state index is 12.5. The number of likely N-dealkylation sites (N-methyl/N-ethyl adjacent to an activating group) is 1. The molecule has 3 rings (SSSR count). The zero-order valence-electron chi connectivity index (χ0n) is 15.0. The maximum Gasteiger partial charge on any atom is 0.410 e. The smallest absolute Gasteiger partial charge is 0.410 e. The molecule has 2 heterocycles. The number of ketones is 1. The van der Waals surface area contributed by atoms with Crippen molar-refractivity contribution in [3.63, 3.8) is 0 Å². The average Bonchev–Trinajstić information content (AvgIpc) is 3.07. The fourth-order valence-electron chi connectivity index (χ4n) is 3.87. The molecule has 2 fully saturated rings. The highest BCUT2D eigenvalue weighted by molar-refractivity contribution is 5.84. The van der Waals surface area contributed by atoms with E-state index in [0.29, 0.717) is 37.8 Å². The summed E-state index contributed by atoms with van der Waals surface area (Å²) >= 11 is 0. The van der Waals surface area contributed by atoms with Crippen molar-refractivity contribution in [1.29, 1.82) is 0 Å².